The summed E-state index contributed by atoms with van der Waals surface area (Å²) in [5.74, 6) is 0.308. The number of nitrogens with zero attached hydrogens (tertiary/aromatic N) is 1. The van der Waals surface area contributed by atoms with E-state index in [9.17, 15) is 9.59 Å². The maximum absolute atomic E-state index is 12.0. The van der Waals surface area contributed by atoms with Crippen molar-refractivity contribution < 1.29 is 9.59 Å². The first kappa shape index (κ1) is 17.9. The molecular weight excluding hydrogens is 324 g/mol. The van der Waals surface area contributed by atoms with Crippen molar-refractivity contribution in [1.82, 2.24) is 10.3 Å². The minimum absolute atomic E-state index is 0.223. The van der Waals surface area contributed by atoms with Crippen molar-refractivity contribution in [1.29, 1.82) is 0 Å². The van der Waals surface area contributed by atoms with Crippen LogP contribution >= 0.6 is 11.3 Å². The molecule has 2 rings (SSSR count). The molecule has 3 amide bonds. The largest absolute Gasteiger partial charge is 0.351 e. The van der Waals surface area contributed by atoms with Crippen molar-refractivity contribution in [3.8, 4) is 0 Å². The third kappa shape index (κ3) is 5.66. The van der Waals surface area contributed by atoms with Crippen molar-refractivity contribution in [3.63, 3.8) is 0 Å². The lowest BCUT2D eigenvalue weighted by Crippen LogP contribution is -2.25. The van der Waals surface area contributed by atoms with Gasteiger partial charge in [-0.15, -0.1) is 11.3 Å². The Morgan fingerprint density at radius 2 is 2.04 bits per heavy atom. The summed E-state index contributed by atoms with van der Waals surface area (Å²) in [5.41, 5.74) is 2.08. The third-order valence-electron chi connectivity index (χ3n) is 3.24. The number of aromatic nitrogens is 1. The predicted molar refractivity (Wildman–Crippen MR) is 97.7 cm³/mol. The van der Waals surface area contributed by atoms with Crippen LogP contribution < -0.4 is 16.0 Å². The monoisotopic (exact) mass is 346 g/mol. The van der Waals surface area contributed by atoms with E-state index in [1.807, 2.05) is 31.2 Å². The van der Waals surface area contributed by atoms with Crippen LogP contribution in [-0.2, 0) is 0 Å². The Morgan fingerprint density at radius 3 is 2.75 bits per heavy atom. The van der Waals surface area contributed by atoms with Crippen molar-refractivity contribution in [3.05, 3.63) is 40.9 Å². The van der Waals surface area contributed by atoms with Crippen LogP contribution in [0.2, 0.25) is 0 Å². The molecule has 128 valence electrons. The summed E-state index contributed by atoms with van der Waals surface area (Å²) in [6, 6.07) is 7.11. The number of thiazole rings is 1. The zero-order valence-electron chi connectivity index (χ0n) is 14.1. The number of rotatable bonds is 6. The summed E-state index contributed by atoms with van der Waals surface area (Å²) >= 11 is 1.22. The lowest BCUT2D eigenvalue weighted by Gasteiger charge is -2.06. The zero-order valence-corrected chi connectivity index (χ0v) is 14.9. The SMILES string of the molecule is Cc1cccc(NC(=O)Nc2nc(C(=O)NCCC(C)C)cs2)c1. The highest BCUT2D eigenvalue weighted by molar-refractivity contribution is 7.14. The standard InChI is InChI=1S/C17H22N4O2S/c1-11(2)7-8-18-15(22)14-10-24-17(20-14)21-16(23)19-13-6-4-5-12(3)9-13/h4-6,9-11H,7-8H2,1-3H3,(H,18,22)(H2,19,20,21,23). The van der Waals surface area contributed by atoms with Crippen LogP contribution in [0.5, 0.6) is 0 Å². The molecular formula is C17H22N4O2S. The van der Waals surface area contributed by atoms with E-state index >= 15 is 0 Å². The lowest BCUT2D eigenvalue weighted by molar-refractivity contribution is 0.0947. The smallest absolute Gasteiger partial charge is 0.325 e. The second-order valence-electron chi connectivity index (χ2n) is 5.92. The van der Waals surface area contributed by atoms with E-state index in [0.29, 0.717) is 29.0 Å². The molecule has 0 aliphatic heterocycles. The van der Waals surface area contributed by atoms with Crippen molar-refractivity contribution in [2.45, 2.75) is 27.2 Å². The van der Waals surface area contributed by atoms with Gasteiger partial charge in [0.05, 0.1) is 0 Å². The van der Waals surface area contributed by atoms with Crippen LogP contribution in [0.25, 0.3) is 0 Å². The number of urea groups is 1. The fourth-order valence-electron chi connectivity index (χ4n) is 1.98. The maximum atomic E-state index is 12.0. The van der Waals surface area contributed by atoms with Gasteiger partial charge in [-0.2, -0.15) is 0 Å². The molecule has 1 aromatic heterocycles. The van der Waals surface area contributed by atoms with Gasteiger partial charge in [0, 0.05) is 17.6 Å². The van der Waals surface area contributed by atoms with E-state index in [1.165, 1.54) is 11.3 Å². The molecule has 0 unspecified atom stereocenters. The van der Waals surface area contributed by atoms with Gasteiger partial charge in [-0.25, -0.2) is 9.78 Å². The third-order valence-corrected chi connectivity index (χ3v) is 4.00. The molecule has 0 bridgehead atoms. The van der Waals surface area contributed by atoms with Crippen molar-refractivity contribution >= 4 is 34.1 Å². The lowest BCUT2D eigenvalue weighted by atomic mass is 10.1. The molecule has 2 aromatic rings. The second kappa shape index (κ2) is 8.44. The fourth-order valence-corrected chi connectivity index (χ4v) is 2.67. The number of nitrogens with one attached hydrogen (secondary N) is 3. The van der Waals surface area contributed by atoms with E-state index in [-0.39, 0.29) is 11.9 Å². The number of carbonyl (C=O) groups is 2. The summed E-state index contributed by atoms with van der Waals surface area (Å²) in [4.78, 5) is 28.1. The van der Waals surface area contributed by atoms with E-state index in [0.717, 1.165) is 12.0 Å². The highest BCUT2D eigenvalue weighted by atomic mass is 32.1. The van der Waals surface area contributed by atoms with Gasteiger partial charge in [0.25, 0.3) is 5.91 Å². The fraction of sp³-hybridized carbons (Fsp3) is 0.353. The van der Waals surface area contributed by atoms with Gasteiger partial charge in [0.1, 0.15) is 5.69 Å². The number of anilines is 2. The first-order valence-electron chi connectivity index (χ1n) is 7.82. The van der Waals surface area contributed by atoms with Gasteiger partial charge in [0.2, 0.25) is 0 Å². The molecule has 1 heterocycles. The Kier molecular flexibility index (Phi) is 6.31. The number of benzene rings is 1. The number of carbonyl (C=O) groups excluding carboxylic acids is 2. The Bertz CT molecular complexity index is 712. The van der Waals surface area contributed by atoms with Crippen LogP contribution in [0.15, 0.2) is 29.6 Å². The van der Waals surface area contributed by atoms with Gasteiger partial charge in [-0.1, -0.05) is 26.0 Å². The molecule has 0 saturated carbocycles. The molecule has 3 N–H and O–H groups in total. The molecule has 6 nitrogen and oxygen atoms in total. The van der Waals surface area contributed by atoms with Crippen LogP contribution in [-0.4, -0.2) is 23.5 Å². The van der Waals surface area contributed by atoms with Crippen LogP contribution in [0, 0.1) is 12.8 Å². The van der Waals surface area contributed by atoms with Crippen LogP contribution in [0.3, 0.4) is 0 Å². The Morgan fingerprint density at radius 1 is 1.25 bits per heavy atom. The normalized spacial score (nSPS) is 10.5. The first-order chi connectivity index (χ1) is 11.4. The van der Waals surface area contributed by atoms with Gasteiger partial charge in [0.15, 0.2) is 5.13 Å². The molecule has 7 heteroatoms. The Labute approximate surface area is 145 Å². The second-order valence-corrected chi connectivity index (χ2v) is 6.78. The maximum Gasteiger partial charge on any atom is 0.325 e. The zero-order chi connectivity index (χ0) is 17.5. The Hall–Kier alpha value is -2.41. The molecule has 0 fully saturated rings. The molecule has 0 spiro atoms. The summed E-state index contributed by atoms with van der Waals surface area (Å²) in [5, 5.41) is 10.2. The quantitative estimate of drug-likeness (QED) is 0.742. The highest BCUT2D eigenvalue weighted by Gasteiger charge is 2.12. The Balaban J connectivity index is 1.86. The average molecular weight is 346 g/mol. The first-order valence-corrected chi connectivity index (χ1v) is 8.70. The van der Waals surface area contributed by atoms with Gasteiger partial charge in [-0.3, -0.25) is 10.1 Å². The predicted octanol–water partition coefficient (Wildman–Crippen LogP) is 3.87. The van der Waals surface area contributed by atoms with E-state index in [2.05, 4.69) is 34.8 Å². The minimum Gasteiger partial charge on any atom is -0.351 e. The molecule has 0 saturated heterocycles. The number of hydrogen-bond acceptors (Lipinski definition) is 4. The van der Waals surface area contributed by atoms with Gasteiger partial charge >= 0.3 is 6.03 Å². The number of aryl methyl sites for hydroxylation is 1. The van der Waals surface area contributed by atoms with E-state index < -0.39 is 0 Å². The average Bonchev–Trinajstić information content (AvgIpc) is 2.95. The highest BCUT2D eigenvalue weighted by Crippen LogP contribution is 2.16. The molecule has 0 aliphatic rings. The van der Waals surface area contributed by atoms with E-state index in [1.54, 1.807) is 5.38 Å². The van der Waals surface area contributed by atoms with E-state index in [4.69, 9.17) is 0 Å². The van der Waals surface area contributed by atoms with Crippen LogP contribution in [0.4, 0.5) is 15.6 Å². The summed E-state index contributed by atoms with van der Waals surface area (Å²) < 4.78 is 0. The summed E-state index contributed by atoms with van der Waals surface area (Å²) in [7, 11) is 0. The van der Waals surface area contributed by atoms with Gasteiger partial charge < -0.3 is 10.6 Å². The van der Waals surface area contributed by atoms with Gasteiger partial charge in [-0.05, 0) is 37.0 Å². The molecule has 0 aliphatic carbocycles. The van der Waals surface area contributed by atoms with Crippen molar-refractivity contribution in [2.75, 3.05) is 17.2 Å². The molecule has 1 aromatic carbocycles. The molecule has 0 atom stereocenters. The van der Waals surface area contributed by atoms with Crippen LogP contribution in [0.1, 0.15) is 36.3 Å². The molecule has 0 radical (unpaired) electrons. The topological polar surface area (TPSA) is 83.1 Å². The molecule has 24 heavy (non-hydrogen) atoms. The van der Waals surface area contributed by atoms with Crippen molar-refractivity contribution in [2.24, 2.45) is 5.92 Å². The number of amides is 3. The summed E-state index contributed by atoms with van der Waals surface area (Å²) in [6.07, 6.45) is 0.917. The number of hydrogen-bond donors (Lipinski definition) is 3. The summed E-state index contributed by atoms with van der Waals surface area (Å²) in [6.45, 7) is 6.77. The minimum atomic E-state index is -0.387.